The number of carbonyl (C=O) groups excluding carboxylic acids is 1. The normalized spacial score (nSPS) is 12.7. The number of rotatable bonds is 7. The number of hydrogen-bond donors (Lipinski definition) is 3. The number of nitrogen functional groups attached to an aromatic ring is 1. The van der Waals surface area contributed by atoms with Crippen LogP contribution in [0.15, 0.2) is 103 Å². The Hall–Kier alpha value is -6.39. The van der Waals surface area contributed by atoms with Crippen molar-refractivity contribution in [3.8, 4) is 28.8 Å². The van der Waals surface area contributed by atoms with E-state index in [1.54, 1.807) is 67.8 Å². The molecule has 2 aromatic carbocycles. The fraction of sp³-hybridized carbons (Fsp3) is 0.0857. The number of amides is 1. The predicted molar refractivity (Wildman–Crippen MR) is 188 cm³/mol. The molecular formula is C35H29N9O3S. The van der Waals surface area contributed by atoms with Crippen LogP contribution in [0.3, 0.4) is 0 Å². The quantitative estimate of drug-likeness (QED) is 0.171. The van der Waals surface area contributed by atoms with Crippen molar-refractivity contribution in [2.75, 3.05) is 16.7 Å². The van der Waals surface area contributed by atoms with Crippen LogP contribution in [0.1, 0.15) is 40.4 Å². The minimum Gasteiger partial charge on any atom is -0.382 e. The Labute approximate surface area is 276 Å². The fourth-order valence-corrected chi connectivity index (χ4v) is 5.57. The smallest absolute Gasteiger partial charge is 0.274 e. The summed E-state index contributed by atoms with van der Waals surface area (Å²) in [6.07, 6.45) is 9.21. The van der Waals surface area contributed by atoms with Gasteiger partial charge in [0.2, 0.25) is 0 Å². The summed E-state index contributed by atoms with van der Waals surface area (Å²) in [5.74, 6) is 9.36. The van der Waals surface area contributed by atoms with Gasteiger partial charge in [0.1, 0.15) is 5.82 Å². The fourth-order valence-electron chi connectivity index (χ4n) is 4.96. The highest BCUT2D eigenvalue weighted by molar-refractivity contribution is 8.00. The SMILES string of the molecule is C=S(C)(=O)Nc1cncc(-c2cnc(N)c(C(=O)N[C@@H](C)c3nc4cccc(C#Cc5ccncc5)c4c(=O)n3-c3ccccc3)n2)c1. The summed E-state index contributed by atoms with van der Waals surface area (Å²) in [5, 5.41) is 3.23. The van der Waals surface area contributed by atoms with E-state index in [1.807, 2.05) is 18.2 Å². The summed E-state index contributed by atoms with van der Waals surface area (Å²) in [6.45, 7) is 1.71. The molecule has 6 aromatic rings. The minimum absolute atomic E-state index is 0.0932. The van der Waals surface area contributed by atoms with Crippen LogP contribution in [0.5, 0.6) is 0 Å². The Bertz CT molecular complexity index is 2400. The van der Waals surface area contributed by atoms with Crippen molar-refractivity contribution in [2.24, 2.45) is 0 Å². The lowest BCUT2D eigenvalue weighted by Gasteiger charge is -2.20. The maximum atomic E-state index is 14.3. The van der Waals surface area contributed by atoms with Crippen molar-refractivity contribution < 1.29 is 9.00 Å². The first kappa shape index (κ1) is 31.6. The molecule has 1 unspecified atom stereocenters. The molecule has 4 N–H and O–H groups in total. The molecule has 13 heteroatoms. The van der Waals surface area contributed by atoms with E-state index in [1.165, 1.54) is 29.4 Å². The number of hydrogen-bond acceptors (Lipinski definition) is 9. The summed E-state index contributed by atoms with van der Waals surface area (Å²) < 4.78 is 16.4. The molecule has 6 rings (SSSR count). The number of carbonyl (C=O) groups is 1. The number of anilines is 2. The average Bonchev–Trinajstić information content (AvgIpc) is 3.07. The van der Waals surface area contributed by atoms with E-state index >= 15 is 0 Å². The standard InChI is InChI=1S/C35H29N9O3S/c1-22(40-34(45)31-32(36)39-21-29(41-31)25-18-26(20-38-19-25)43-48(2,3)47)33-42-28-11-7-8-24(13-12-23-14-16-37-17-15-23)30(28)35(46)44(33)27-9-5-4-6-10-27/h4-11,14-22H,2H2,1,3H3,(H2,36,39)(H,40,45)(H,43,47)/t22-,48?/m0/s1. The second-order valence-electron chi connectivity index (χ2n) is 10.9. The number of nitrogens with two attached hydrogens (primary N) is 1. The van der Waals surface area contributed by atoms with Crippen LogP contribution in [0, 0.1) is 11.8 Å². The van der Waals surface area contributed by atoms with Crippen molar-refractivity contribution in [1.29, 1.82) is 0 Å². The Kier molecular flexibility index (Phi) is 8.65. The van der Waals surface area contributed by atoms with E-state index in [0.29, 0.717) is 39.1 Å². The van der Waals surface area contributed by atoms with Crippen LogP contribution in [0.2, 0.25) is 0 Å². The van der Waals surface area contributed by atoms with Crippen LogP contribution in [0.4, 0.5) is 11.5 Å². The van der Waals surface area contributed by atoms with Gasteiger partial charge >= 0.3 is 0 Å². The van der Waals surface area contributed by atoms with E-state index in [9.17, 15) is 13.8 Å². The summed E-state index contributed by atoms with van der Waals surface area (Å²) in [4.78, 5) is 49.6. The number of aromatic nitrogens is 6. The predicted octanol–water partition coefficient (Wildman–Crippen LogP) is 3.78. The second kappa shape index (κ2) is 13.1. The van der Waals surface area contributed by atoms with Crippen LogP contribution >= 0.6 is 0 Å². The van der Waals surface area contributed by atoms with E-state index in [2.05, 4.69) is 47.7 Å². The first-order valence-electron chi connectivity index (χ1n) is 14.6. The van der Waals surface area contributed by atoms with Gasteiger partial charge in [-0.1, -0.05) is 36.1 Å². The molecule has 0 fully saturated rings. The first-order chi connectivity index (χ1) is 23.1. The Balaban J connectivity index is 1.39. The average molecular weight is 656 g/mol. The molecule has 4 heterocycles. The van der Waals surface area contributed by atoms with Gasteiger partial charge in [0.05, 0.1) is 46.4 Å². The van der Waals surface area contributed by atoms with Gasteiger partial charge in [-0.2, -0.15) is 0 Å². The largest absolute Gasteiger partial charge is 0.382 e. The van der Waals surface area contributed by atoms with Gasteiger partial charge < -0.3 is 15.8 Å². The molecule has 238 valence electrons. The van der Waals surface area contributed by atoms with Crippen LogP contribution in [-0.2, 0) is 9.71 Å². The molecular weight excluding hydrogens is 627 g/mol. The Morgan fingerprint density at radius 2 is 1.75 bits per heavy atom. The lowest BCUT2D eigenvalue weighted by molar-refractivity contribution is 0.0933. The van der Waals surface area contributed by atoms with Crippen LogP contribution in [0.25, 0.3) is 27.8 Å². The third kappa shape index (κ3) is 6.88. The molecule has 0 aliphatic heterocycles. The number of benzene rings is 2. The molecule has 0 radical (unpaired) electrons. The van der Waals surface area contributed by atoms with Gasteiger partial charge in [-0.25, -0.2) is 19.2 Å². The molecule has 0 saturated heterocycles. The Morgan fingerprint density at radius 3 is 2.50 bits per heavy atom. The zero-order valence-electron chi connectivity index (χ0n) is 25.9. The van der Waals surface area contributed by atoms with E-state index in [-0.39, 0.29) is 22.9 Å². The maximum absolute atomic E-state index is 14.3. The first-order valence-corrected chi connectivity index (χ1v) is 16.7. The van der Waals surface area contributed by atoms with Crippen LogP contribution < -0.4 is 21.3 Å². The molecule has 2 atom stereocenters. The highest BCUT2D eigenvalue weighted by atomic mass is 32.2. The van der Waals surface area contributed by atoms with Gasteiger partial charge in [-0.3, -0.25) is 24.1 Å². The maximum Gasteiger partial charge on any atom is 0.274 e. The number of nitrogens with one attached hydrogen (secondary N) is 2. The van der Waals surface area contributed by atoms with Crippen molar-refractivity contribution in [2.45, 2.75) is 13.0 Å². The van der Waals surface area contributed by atoms with Crippen molar-refractivity contribution in [1.82, 2.24) is 34.8 Å². The van der Waals surface area contributed by atoms with Crippen molar-refractivity contribution in [3.63, 3.8) is 0 Å². The number of para-hydroxylation sites is 1. The Morgan fingerprint density at radius 1 is 0.979 bits per heavy atom. The molecule has 0 bridgehead atoms. The molecule has 1 amide bonds. The van der Waals surface area contributed by atoms with Gasteiger partial charge in [0.15, 0.2) is 11.5 Å². The summed E-state index contributed by atoms with van der Waals surface area (Å²) in [5.41, 5.74) is 9.17. The monoisotopic (exact) mass is 655 g/mol. The molecule has 12 nitrogen and oxygen atoms in total. The summed E-state index contributed by atoms with van der Waals surface area (Å²) >= 11 is 0. The number of pyridine rings is 2. The molecule has 0 spiro atoms. The van der Waals surface area contributed by atoms with Crippen molar-refractivity contribution >= 4 is 43.9 Å². The highest BCUT2D eigenvalue weighted by Crippen LogP contribution is 2.23. The lowest BCUT2D eigenvalue weighted by atomic mass is 10.1. The minimum atomic E-state index is -2.55. The summed E-state index contributed by atoms with van der Waals surface area (Å²) in [7, 11) is -2.55. The third-order valence-corrected chi connectivity index (χ3v) is 7.75. The topological polar surface area (TPSA) is 171 Å². The zero-order valence-corrected chi connectivity index (χ0v) is 26.7. The molecule has 0 aliphatic carbocycles. The summed E-state index contributed by atoms with van der Waals surface area (Å²) in [6, 6.07) is 18.8. The number of nitrogens with zero attached hydrogens (tertiary/aromatic N) is 6. The van der Waals surface area contributed by atoms with Gasteiger partial charge in [0, 0.05) is 51.2 Å². The van der Waals surface area contributed by atoms with E-state index in [4.69, 9.17) is 10.7 Å². The van der Waals surface area contributed by atoms with Gasteiger partial charge in [-0.05, 0) is 55.3 Å². The second-order valence-corrected chi connectivity index (χ2v) is 13.1. The zero-order chi connectivity index (χ0) is 33.8. The van der Waals surface area contributed by atoms with E-state index < -0.39 is 21.7 Å². The molecule has 0 saturated carbocycles. The molecule has 0 aliphatic rings. The molecule has 48 heavy (non-hydrogen) atoms. The number of fused-ring (bicyclic) bond motifs is 1. The lowest BCUT2D eigenvalue weighted by Crippen LogP contribution is -2.34. The van der Waals surface area contributed by atoms with Crippen molar-refractivity contribution in [3.05, 3.63) is 131 Å². The molecule has 4 aromatic heterocycles. The van der Waals surface area contributed by atoms with Gasteiger partial charge in [-0.15, -0.1) is 0 Å². The highest BCUT2D eigenvalue weighted by Gasteiger charge is 2.23. The van der Waals surface area contributed by atoms with Crippen LogP contribution in [-0.4, -0.2) is 51.7 Å². The third-order valence-electron chi connectivity index (χ3n) is 7.08. The van der Waals surface area contributed by atoms with E-state index in [0.717, 1.165) is 5.56 Å². The van der Waals surface area contributed by atoms with Gasteiger partial charge in [0.25, 0.3) is 11.5 Å².